The van der Waals surface area contributed by atoms with Crippen molar-refractivity contribution in [3.05, 3.63) is 53.9 Å². The maximum absolute atomic E-state index is 13.0. The molecule has 1 fully saturated rings. The summed E-state index contributed by atoms with van der Waals surface area (Å²) in [7, 11) is 2.02. The molecule has 118 valence electrons. The molecule has 0 radical (unpaired) electrons. The zero-order chi connectivity index (χ0) is 15.4. The van der Waals surface area contributed by atoms with E-state index in [0.717, 1.165) is 44.8 Å². The zero-order valence-electron chi connectivity index (χ0n) is 12.9. The topological polar surface area (TPSA) is 30.3 Å². The number of halogens is 1. The van der Waals surface area contributed by atoms with Crippen molar-refractivity contribution in [2.75, 3.05) is 26.3 Å². The van der Waals surface area contributed by atoms with Crippen molar-refractivity contribution in [1.29, 1.82) is 0 Å². The number of nitrogens with zero attached hydrogens (tertiary/aromatic N) is 3. The van der Waals surface area contributed by atoms with E-state index in [-0.39, 0.29) is 5.82 Å². The van der Waals surface area contributed by atoms with Gasteiger partial charge in [-0.2, -0.15) is 0 Å². The van der Waals surface area contributed by atoms with Crippen LogP contribution in [-0.4, -0.2) is 40.8 Å². The normalized spacial score (nSPS) is 20.0. The number of ether oxygens (including phenoxy) is 1. The summed E-state index contributed by atoms with van der Waals surface area (Å²) in [6.07, 6.45) is 4.67. The maximum Gasteiger partial charge on any atom is 0.123 e. The Hall–Kier alpha value is -1.72. The third-order valence-corrected chi connectivity index (χ3v) is 4.16. The van der Waals surface area contributed by atoms with E-state index in [2.05, 4.69) is 14.5 Å². The number of hydrogen-bond donors (Lipinski definition) is 0. The number of rotatable bonds is 4. The molecule has 1 aliphatic rings. The molecule has 0 N–H and O–H groups in total. The lowest BCUT2D eigenvalue weighted by Crippen LogP contribution is -2.31. The first-order chi connectivity index (χ1) is 10.7. The van der Waals surface area contributed by atoms with E-state index in [1.165, 1.54) is 17.8 Å². The highest BCUT2D eigenvalue weighted by Crippen LogP contribution is 2.16. The van der Waals surface area contributed by atoms with Crippen molar-refractivity contribution in [3.63, 3.8) is 0 Å². The van der Waals surface area contributed by atoms with Crippen LogP contribution in [0.5, 0.6) is 0 Å². The summed E-state index contributed by atoms with van der Waals surface area (Å²) in [5, 5.41) is 0. The fraction of sp³-hybridized carbons (Fsp3) is 0.471. The predicted octanol–water partition coefficient (Wildman–Crippen LogP) is 2.25. The van der Waals surface area contributed by atoms with Crippen LogP contribution >= 0.6 is 0 Å². The van der Waals surface area contributed by atoms with Crippen molar-refractivity contribution < 1.29 is 9.13 Å². The lowest BCUT2D eigenvalue weighted by molar-refractivity contribution is 0.121. The van der Waals surface area contributed by atoms with E-state index in [1.807, 2.05) is 31.7 Å². The third-order valence-electron chi connectivity index (χ3n) is 4.16. The molecule has 0 aliphatic carbocycles. The van der Waals surface area contributed by atoms with E-state index in [9.17, 15) is 4.39 Å². The molecule has 4 nitrogen and oxygen atoms in total. The highest BCUT2D eigenvalue weighted by molar-refractivity contribution is 5.16. The van der Waals surface area contributed by atoms with Gasteiger partial charge in [-0.1, -0.05) is 12.1 Å². The van der Waals surface area contributed by atoms with Gasteiger partial charge in [0.2, 0.25) is 0 Å². The molecule has 1 aliphatic heterocycles. The van der Waals surface area contributed by atoms with Crippen molar-refractivity contribution in [1.82, 2.24) is 14.5 Å². The van der Waals surface area contributed by atoms with Gasteiger partial charge in [-0.15, -0.1) is 0 Å². The summed E-state index contributed by atoms with van der Waals surface area (Å²) in [4.78, 5) is 6.59. The maximum atomic E-state index is 13.0. The first-order valence-electron chi connectivity index (χ1n) is 7.70. The van der Waals surface area contributed by atoms with Crippen molar-refractivity contribution >= 4 is 0 Å². The average Bonchev–Trinajstić information content (AvgIpc) is 2.78. The van der Waals surface area contributed by atoms with Crippen LogP contribution in [0.3, 0.4) is 0 Å². The van der Waals surface area contributed by atoms with Crippen LogP contribution in [0.15, 0.2) is 36.8 Å². The minimum atomic E-state index is -0.182. The van der Waals surface area contributed by atoms with Gasteiger partial charge < -0.3 is 9.30 Å². The van der Waals surface area contributed by atoms with Crippen LogP contribution in [0.25, 0.3) is 0 Å². The van der Waals surface area contributed by atoms with Gasteiger partial charge >= 0.3 is 0 Å². The number of aryl methyl sites for hydroxylation is 1. The number of imidazole rings is 1. The molecule has 0 saturated carbocycles. The van der Waals surface area contributed by atoms with Crippen molar-refractivity contribution in [2.24, 2.45) is 13.0 Å². The van der Waals surface area contributed by atoms with Crippen LogP contribution in [0.4, 0.5) is 4.39 Å². The van der Waals surface area contributed by atoms with E-state index < -0.39 is 0 Å². The van der Waals surface area contributed by atoms with Crippen LogP contribution < -0.4 is 0 Å². The zero-order valence-corrected chi connectivity index (χ0v) is 12.9. The second kappa shape index (κ2) is 7.03. The molecule has 5 heteroatoms. The van der Waals surface area contributed by atoms with Crippen LogP contribution in [0.1, 0.15) is 11.3 Å². The number of benzene rings is 1. The van der Waals surface area contributed by atoms with Gasteiger partial charge in [0.15, 0.2) is 0 Å². The van der Waals surface area contributed by atoms with Gasteiger partial charge in [-0.25, -0.2) is 9.37 Å². The average molecular weight is 303 g/mol. The van der Waals surface area contributed by atoms with Crippen molar-refractivity contribution in [2.45, 2.75) is 13.0 Å². The van der Waals surface area contributed by atoms with Gasteiger partial charge in [0.05, 0.1) is 25.2 Å². The highest BCUT2D eigenvalue weighted by atomic mass is 19.1. The van der Waals surface area contributed by atoms with E-state index in [1.54, 1.807) is 0 Å². The first kappa shape index (κ1) is 15.2. The quantitative estimate of drug-likeness (QED) is 0.868. The van der Waals surface area contributed by atoms with E-state index in [0.29, 0.717) is 5.92 Å². The second-order valence-corrected chi connectivity index (χ2v) is 6.00. The summed E-state index contributed by atoms with van der Waals surface area (Å²) in [6, 6.07) is 6.79. The van der Waals surface area contributed by atoms with Gasteiger partial charge in [0, 0.05) is 32.9 Å². The molecule has 1 aromatic carbocycles. The number of aromatic nitrogens is 2. The minimum absolute atomic E-state index is 0.182. The summed E-state index contributed by atoms with van der Waals surface area (Å²) in [5.74, 6) is 0.250. The summed E-state index contributed by atoms with van der Waals surface area (Å²) in [5.41, 5.74) is 2.37. The van der Waals surface area contributed by atoms with Crippen molar-refractivity contribution in [3.8, 4) is 0 Å². The molecular formula is C17H22FN3O. The van der Waals surface area contributed by atoms with Gasteiger partial charge in [-0.05, 0) is 30.0 Å². The molecule has 2 aromatic rings. The molecule has 1 aromatic heterocycles. The van der Waals surface area contributed by atoms with Gasteiger partial charge in [-0.3, -0.25) is 4.90 Å². The fourth-order valence-electron chi connectivity index (χ4n) is 2.94. The predicted molar refractivity (Wildman–Crippen MR) is 82.9 cm³/mol. The van der Waals surface area contributed by atoms with Crippen LogP contribution in [-0.2, 0) is 24.8 Å². The Morgan fingerprint density at radius 3 is 2.86 bits per heavy atom. The van der Waals surface area contributed by atoms with Crippen LogP contribution in [0.2, 0.25) is 0 Å². The Morgan fingerprint density at radius 2 is 2.14 bits per heavy atom. The standard InChI is InChI=1S/C17H22FN3O/c1-20-13-19-9-17(20)11-21-6-7-22-12-15(10-21)8-14-2-4-16(18)5-3-14/h2-5,9,13,15H,6-8,10-12H2,1H3. The molecule has 2 heterocycles. The van der Waals surface area contributed by atoms with E-state index >= 15 is 0 Å². The fourth-order valence-corrected chi connectivity index (χ4v) is 2.94. The smallest absolute Gasteiger partial charge is 0.123 e. The Bertz CT molecular complexity index is 596. The monoisotopic (exact) mass is 303 g/mol. The lowest BCUT2D eigenvalue weighted by atomic mass is 9.99. The largest absolute Gasteiger partial charge is 0.380 e. The molecule has 1 saturated heterocycles. The Morgan fingerprint density at radius 1 is 1.32 bits per heavy atom. The molecule has 0 bridgehead atoms. The minimum Gasteiger partial charge on any atom is -0.380 e. The Kier molecular flexibility index (Phi) is 4.85. The molecule has 1 atom stereocenters. The SMILES string of the molecule is Cn1cncc1CN1CCOCC(Cc2ccc(F)cc2)C1. The van der Waals surface area contributed by atoms with Gasteiger partial charge in [0.1, 0.15) is 5.82 Å². The summed E-state index contributed by atoms with van der Waals surface area (Å²) >= 11 is 0. The summed E-state index contributed by atoms with van der Waals surface area (Å²) in [6.45, 7) is 4.34. The molecule has 0 amide bonds. The molecule has 22 heavy (non-hydrogen) atoms. The van der Waals surface area contributed by atoms with Crippen LogP contribution in [0, 0.1) is 11.7 Å². The molecule has 1 unspecified atom stereocenters. The Balaban J connectivity index is 1.62. The van der Waals surface area contributed by atoms with Gasteiger partial charge in [0.25, 0.3) is 0 Å². The second-order valence-electron chi connectivity index (χ2n) is 6.00. The number of hydrogen-bond acceptors (Lipinski definition) is 3. The first-order valence-corrected chi connectivity index (χ1v) is 7.70. The molecule has 3 rings (SSSR count). The third kappa shape index (κ3) is 3.93. The molecular weight excluding hydrogens is 281 g/mol. The highest BCUT2D eigenvalue weighted by Gasteiger charge is 2.20. The Labute approximate surface area is 130 Å². The van der Waals surface area contributed by atoms with E-state index in [4.69, 9.17) is 4.74 Å². The molecule has 0 spiro atoms. The lowest BCUT2D eigenvalue weighted by Gasteiger charge is -2.23. The summed E-state index contributed by atoms with van der Waals surface area (Å²) < 4.78 is 20.8.